The molecule has 2 aliphatic rings. The summed E-state index contributed by atoms with van der Waals surface area (Å²) < 4.78 is 1.68. The Morgan fingerprint density at radius 1 is 1.39 bits per heavy atom. The lowest BCUT2D eigenvalue weighted by molar-refractivity contribution is -0.146. The average molecular weight is 251 g/mol. The van der Waals surface area contributed by atoms with E-state index in [-0.39, 0.29) is 30.7 Å². The first-order chi connectivity index (χ1) is 8.65. The Hall–Kier alpha value is -1.96. The van der Waals surface area contributed by atoms with Gasteiger partial charge < -0.3 is 15.3 Å². The van der Waals surface area contributed by atoms with Crippen LogP contribution in [0, 0.1) is 5.92 Å². The molecule has 2 aliphatic heterocycles. The number of likely N-dealkylation sites (tertiary alicyclic amines) is 1. The quantitative estimate of drug-likeness (QED) is 0.683. The van der Waals surface area contributed by atoms with Gasteiger partial charge in [0.05, 0.1) is 18.2 Å². The van der Waals surface area contributed by atoms with Crippen molar-refractivity contribution in [1.82, 2.24) is 25.2 Å². The van der Waals surface area contributed by atoms with Crippen LogP contribution in [0.15, 0.2) is 6.20 Å². The van der Waals surface area contributed by atoms with Gasteiger partial charge in [-0.05, 0) is 0 Å². The van der Waals surface area contributed by atoms with Crippen molar-refractivity contribution in [3.8, 4) is 0 Å². The summed E-state index contributed by atoms with van der Waals surface area (Å²) in [6, 6.07) is 0.266. The summed E-state index contributed by atoms with van der Waals surface area (Å²) in [5.74, 6) is -1.55. The third kappa shape index (κ3) is 1.74. The number of aliphatic carboxylic acids is 1. The second-order valence-corrected chi connectivity index (χ2v) is 4.64. The zero-order valence-electron chi connectivity index (χ0n) is 9.61. The molecule has 0 atom stereocenters. The highest BCUT2D eigenvalue weighted by Crippen LogP contribution is 2.18. The Bertz CT molecular complexity index is 489. The van der Waals surface area contributed by atoms with Crippen LogP contribution in [0.3, 0.4) is 0 Å². The first kappa shape index (κ1) is 11.1. The van der Waals surface area contributed by atoms with E-state index in [2.05, 4.69) is 15.6 Å². The van der Waals surface area contributed by atoms with Crippen LogP contribution in [0.2, 0.25) is 0 Å². The zero-order valence-corrected chi connectivity index (χ0v) is 9.61. The summed E-state index contributed by atoms with van der Waals surface area (Å²) in [7, 11) is 0. The molecule has 1 amide bonds. The van der Waals surface area contributed by atoms with Gasteiger partial charge in [0, 0.05) is 26.2 Å². The molecule has 0 aliphatic carbocycles. The van der Waals surface area contributed by atoms with Crippen molar-refractivity contribution in [2.24, 2.45) is 5.92 Å². The Balaban J connectivity index is 1.63. The van der Waals surface area contributed by atoms with E-state index >= 15 is 0 Å². The van der Waals surface area contributed by atoms with Crippen molar-refractivity contribution in [1.29, 1.82) is 0 Å². The molecule has 3 heterocycles. The van der Waals surface area contributed by atoms with Crippen LogP contribution in [-0.2, 0) is 4.79 Å². The van der Waals surface area contributed by atoms with Crippen LogP contribution in [0.25, 0.3) is 0 Å². The molecule has 2 fully saturated rings. The van der Waals surface area contributed by atoms with Crippen LogP contribution in [0.4, 0.5) is 0 Å². The summed E-state index contributed by atoms with van der Waals surface area (Å²) in [5, 5.41) is 19.6. The summed E-state index contributed by atoms with van der Waals surface area (Å²) in [6.45, 7) is 2.18. The summed E-state index contributed by atoms with van der Waals surface area (Å²) in [6.07, 6.45) is 1.63. The van der Waals surface area contributed by atoms with Crippen LogP contribution in [0.1, 0.15) is 16.5 Å². The number of rotatable bonds is 3. The van der Waals surface area contributed by atoms with E-state index in [0.717, 1.165) is 13.1 Å². The fraction of sp³-hybridized carbons (Fsp3) is 0.600. The number of hydrogen-bond donors (Lipinski definition) is 2. The molecule has 1 aromatic heterocycles. The predicted molar refractivity (Wildman–Crippen MR) is 59.0 cm³/mol. The van der Waals surface area contributed by atoms with Crippen molar-refractivity contribution in [2.45, 2.75) is 6.04 Å². The van der Waals surface area contributed by atoms with Gasteiger partial charge in [-0.3, -0.25) is 9.59 Å². The van der Waals surface area contributed by atoms with E-state index in [9.17, 15) is 9.59 Å². The van der Waals surface area contributed by atoms with Gasteiger partial charge in [-0.2, -0.15) is 0 Å². The standard InChI is InChI=1S/C10H13N5O3/c16-9(14-3-6(4-14)10(17)18)8-5-15(13-12-8)7-1-11-2-7/h5-7,11H,1-4H2,(H,17,18). The van der Waals surface area contributed by atoms with Crippen molar-refractivity contribution in [2.75, 3.05) is 26.2 Å². The average Bonchev–Trinajstić information content (AvgIpc) is 2.60. The normalized spacial score (nSPS) is 20.3. The molecule has 8 nitrogen and oxygen atoms in total. The van der Waals surface area contributed by atoms with Gasteiger partial charge in [-0.15, -0.1) is 5.10 Å². The highest BCUT2D eigenvalue weighted by atomic mass is 16.4. The summed E-state index contributed by atoms with van der Waals surface area (Å²) >= 11 is 0. The molecule has 2 N–H and O–H groups in total. The number of carboxylic acid groups (broad SMARTS) is 1. The van der Waals surface area contributed by atoms with Gasteiger partial charge in [-0.25, -0.2) is 4.68 Å². The number of amides is 1. The van der Waals surface area contributed by atoms with Gasteiger partial charge >= 0.3 is 5.97 Å². The molecule has 8 heteroatoms. The van der Waals surface area contributed by atoms with Crippen molar-refractivity contribution >= 4 is 11.9 Å². The van der Waals surface area contributed by atoms with Gasteiger partial charge in [0.1, 0.15) is 0 Å². The van der Waals surface area contributed by atoms with Crippen LogP contribution >= 0.6 is 0 Å². The number of aromatic nitrogens is 3. The molecule has 0 unspecified atom stereocenters. The molecular weight excluding hydrogens is 238 g/mol. The fourth-order valence-electron chi connectivity index (χ4n) is 1.98. The topological polar surface area (TPSA) is 100 Å². The summed E-state index contributed by atoms with van der Waals surface area (Å²) in [4.78, 5) is 24.1. The molecule has 0 bridgehead atoms. The van der Waals surface area contributed by atoms with E-state index in [0.29, 0.717) is 0 Å². The Kier molecular flexibility index (Phi) is 2.51. The second-order valence-electron chi connectivity index (χ2n) is 4.64. The smallest absolute Gasteiger partial charge is 0.310 e. The maximum Gasteiger partial charge on any atom is 0.310 e. The summed E-state index contributed by atoms with van der Waals surface area (Å²) in [5.41, 5.74) is 0.283. The number of hydrogen-bond acceptors (Lipinski definition) is 5. The van der Waals surface area contributed by atoms with Crippen LogP contribution in [-0.4, -0.2) is 63.1 Å². The Labute approximate surface area is 103 Å². The molecule has 3 rings (SSSR count). The molecule has 0 spiro atoms. The largest absolute Gasteiger partial charge is 0.481 e. The third-order valence-electron chi connectivity index (χ3n) is 3.38. The number of nitrogens with one attached hydrogen (secondary N) is 1. The third-order valence-corrected chi connectivity index (χ3v) is 3.38. The lowest BCUT2D eigenvalue weighted by Crippen LogP contribution is -2.53. The number of carboxylic acids is 1. The predicted octanol–water partition coefficient (Wildman–Crippen LogP) is -1.42. The molecule has 0 saturated carbocycles. The highest BCUT2D eigenvalue weighted by Gasteiger charge is 2.37. The molecule has 96 valence electrons. The van der Waals surface area contributed by atoms with E-state index in [1.54, 1.807) is 10.9 Å². The van der Waals surface area contributed by atoms with Gasteiger partial charge in [-0.1, -0.05) is 5.21 Å². The minimum absolute atomic E-state index is 0.244. The monoisotopic (exact) mass is 251 g/mol. The van der Waals surface area contributed by atoms with E-state index < -0.39 is 11.9 Å². The minimum Gasteiger partial charge on any atom is -0.481 e. The lowest BCUT2D eigenvalue weighted by Gasteiger charge is -2.35. The van der Waals surface area contributed by atoms with Gasteiger partial charge in [0.25, 0.3) is 5.91 Å². The van der Waals surface area contributed by atoms with Gasteiger partial charge in [0.15, 0.2) is 5.69 Å². The van der Waals surface area contributed by atoms with E-state index in [1.165, 1.54) is 4.90 Å². The van der Waals surface area contributed by atoms with E-state index in [1.807, 2.05) is 0 Å². The number of carbonyl (C=O) groups excluding carboxylic acids is 1. The molecular formula is C10H13N5O3. The maximum atomic E-state index is 11.9. The maximum absolute atomic E-state index is 11.9. The molecule has 0 aromatic carbocycles. The van der Waals surface area contributed by atoms with Crippen molar-refractivity contribution < 1.29 is 14.7 Å². The Morgan fingerprint density at radius 2 is 2.11 bits per heavy atom. The first-order valence-corrected chi connectivity index (χ1v) is 5.80. The highest BCUT2D eigenvalue weighted by molar-refractivity contribution is 5.93. The number of nitrogens with zero attached hydrogens (tertiary/aromatic N) is 4. The molecule has 0 radical (unpaired) electrons. The second kappa shape index (κ2) is 4.05. The molecule has 18 heavy (non-hydrogen) atoms. The van der Waals surface area contributed by atoms with Crippen molar-refractivity contribution in [3.05, 3.63) is 11.9 Å². The van der Waals surface area contributed by atoms with Crippen LogP contribution < -0.4 is 5.32 Å². The zero-order chi connectivity index (χ0) is 12.7. The van der Waals surface area contributed by atoms with Crippen LogP contribution in [0.5, 0.6) is 0 Å². The lowest BCUT2D eigenvalue weighted by atomic mass is 10.0. The molecule has 1 aromatic rings. The van der Waals surface area contributed by atoms with Gasteiger partial charge in [0.2, 0.25) is 0 Å². The fourth-order valence-corrected chi connectivity index (χ4v) is 1.98. The number of carbonyl (C=O) groups is 2. The minimum atomic E-state index is -0.858. The molecule has 2 saturated heterocycles. The Morgan fingerprint density at radius 3 is 2.67 bits per heavy atom. The first-order valence-electron chi connectivity index (χ1n) is 5.80. The van der Waals surface area contributed by atoms with Crippen molar-refractivity contribution in [3.63, 3.8) is 0 Å². The SMILES string of the molecule is O=C(O)C1CN(C(=O)c2cn(C3CNC3)nn2)C1. The van der Waals surface area contributed by atoms with E-state index in [4.69, 9.17) is 5.11 Å².